The normalized spacial score (nSPS) is 25.0. The number of carboxylic acids is 1. The van der Waals surface area contributed by atoms with E-state index < -0.39 is 5.97 Å². The van der Waals surface area contributed by atoms with Crippen LogP contribution in [0.5, 0.6) is 0 Å². The van der Waals surface area contributed by atoms with Crippen LogP contribution >= 0.6 is 0 Å². The largest absolute Gasteiger partial charge is 0.481 e. The maximum absolute atomic E-state index is 10.9. The van der Waals surface area contributed by atoms with Gasteiger partial charge in [-0.2, -0.15) is 0 Å². The number of unbranched alkanes of at least 4 members (excludes halogenated alkanes) is 3. The van der Waals surface area contributed by atoms with Crippen molar-refractivity contribution in [1.82, 2.24) is 0 Å². The molecule has 1 unspecified atom stereocenters. The molecule has 0 aromatic rings. The fraction of sp³-hybridized carbons (Fsp3) is 0.864. The molecular formula is C22H40O4. The van der Waals surface area contributed by atoms with Crippen LogP contribution in [-0.4, -0.2) is 33.5 Å². The maximum atomic E-state index is 10.9. The molecule has 0 bridgehead atoms. The van der Waals surface area contributed by atoms with Gasteiger partial charge in [0.2, 0.25) is 0 Å². The third-order valence-electron chi connectivity index (χ3n) is 5.79. The van der Waals surface area contributed by atoms with Crippen molar-refractivity contribution in [2.24, 2.45) is 17.3 Å². The molecule has 0 radical (unpaired) electrons. The molecule has 152 valence electrons. The lowest BCUT2D eigenvalue weighted by molar-refractivity contribution is -0.139. The van der Waals surface area contributed by atoms with Gasteiger partial charge >= 0.3 is 5.97 Å². The van der Waals surface area contributed by atoms with Gasteiger partial charge in [0.15, 0.2) is 0 Å². The van der Waals surface area contributed by atoms with Crippen LogP contribution in [0, 0.1) is 17.3 Å². The molecule has 3 N–H and O–H groups in total. The van der Waals surface area contributed by atoms with E-state index in [4.69, 9.17) is 5.11 Å². The van der Waals surface area contributed by atoms with Gasteiger partial charge in [0, 0.05) is 0 Å². The van der Waals surface area contributed by atoms with Crippen molar-refractivity contribution in [2.75, 3.05) is 0 Å². The molecule has 4 nitrogen and oxygen atoms in total. The standard InChI is InChI=1S/C22H40O4/c1-4-5-6-9-18(23)13-11-17-12-14-20(24)19(17)10-7-8-15-22(2,3)16-21(25)26/h11,13,17-20,23-24H,4-10,12,14-16H2,1-3H3,(H,25,26)/t17-,18?,19+,20-/m0/s1. The van der Waals surface area contributed by atoms with Crippen molar-refractivity contribution in [2.45, 2.75) is 104 Å². The van der Waals surface area contributed by atoms with Crippen LogP contribution in [-0.2, 0) is 4.79 Å². The molecule has 1 fully saturated rings. The highest BCUT2D eigenvalue weighted by molar-refractivity contribution is 5.67. The van der Waals surface area contributed by atoms with E-state index >= 15 is 0 Å². The summed E-state index contributed by atoms with van der Waals surface area (Å²) in [4.78, 5) is 10.9. The van der Waals surface area contributed by atoms with E-state index in [1.807, 2.05) is 19.9 Å². The molecule has 0 saturated heterocycles. The minimum atomic E-state index is -0.732. The van der Waals surface area contributed by atoms with Crippen LogP contribution in [0.1, 0.15) is 91.4 Å². The van der Waals surface area contributed by atoms with Gasteiger partial charge in [-0.05, 0) is 49.4 Å². The van der Waals surface area contributed by atoms with Crippen molar-refractivity contribution in [3.8, 4) is 0 Å². The summed E-state index contributed by atoms with van der Waals surface area (Å²) in [5.41, 5.74) is -0.165. The Morgan fingerprint density at radius 1 is 1.19 bits per heavy atom. The molecule has 1 saturated carbocycles. The average Bonchev–Trinajstić information content (AvgIpc) is 2.89. The van der Waals surface area contributed by atoms with Crippen LogP contribution in [0.4, 0.5) is 0 Å². The Bertz CT molecular complexity index is 430. The van der Waals surface area contributed by atoms with Crippen LogP contribution in [0.3, 0.4) is 0 Å². The second-order valence-electron chi connectivity index (χ2n) is 8.90. The monoisotopic (exact) mass is 368 g/mol. The molecule has 0 spiro atoms. The highest BCUT2D eigenvalue weighted by atomic mass is 16.4. The first-order valence-corrected chi connectivity index (χ1v) is 10.5. The SMILES string of the molecule is CCCCCC(O)C=C[C@H]1CC[C@H](O)[C@@H]1CCCCC(C)(C)CC(=O)O. The number of hydrogen-bond donors (Lipinski definition) is 3. The van der Waals surface area contributed by atoms with Crippen molar-refractivity contribution >= 4 is 5.97 Å². The van der Waals surface area contributed by atoms with Gasteiger partial charge in [0.25, 0.3) is 0 Å². The lowest BCUT2D eigenvalue weighted by atomic mass is 9.82. The Morgan fingerprint density at radius 3 is 2.58 bits per heavy atom. The molecule has 4 heteroatoms. The van der Waals surface area contributed by atoms with E-state index in [2.05, 4.69) is 13.0 Å². The zero-order chi connectivity index (χ0) is 19.6. The van der Waals surface area contributed by atoms with Crippen LogP contribution in [0.2, 0.25) is 0 Å². The predicted molar refractivity (Wildman–Crippen MR) is 106 cm³/mol. The Labute approximate surface area is 159 Å². The lowest BCUT2D eigenvalue weighted by Gasteiger charge is -2.24. The number of allylic oxidation sites excluding steroid dienone is 1. The third kappa shape index (κ3) is 9.18. The molecule has 0 aromatic heterocycles. The lowest BCUT2D eigenvalue weighted by Crippen LogP contribution is -2.19. The zero-order valence-electron chi connectivity index (χ0n) is 17.0. The zero-order valence-corrected chi connectivity index (χ0v) is 17.0. The van der Waals surface area contributed by atoms with Crippen LogP contribution in [0.15, 0.2) is 12.2 Å². The third-order valence-corrected chi connectivity index (χ3v) is 5.79. The Hall–Kier alpha value is -0.870. The number of carboxylic acid groups (broad SMARTS) is 1. The highest BCUT2D eigenvalue weighted by Gasteiger charge is 2.33. The van der Waals surface area contributed by atoms with E-state index in [-0.39, 0.29) is 30.0 Å². The van der Waals surface area contributed by atoms with Gasteiger partial charge in [-0.15, -0.1) is 0 Å². The Kier molecular flexibility index (Phi) is 10.5. The molecule has 4 atom stereocenters. The van der Waals surface area contributed by atoms with E-state index in [9.17, 15) is 15.0 Å². The topological polar surface area (TPSA) is 77.8 Å². The number of aliphatic hydroxyl groups is 2. The first-order valence-electron chi connectivity index (χ1n) is 10.5. The van der Waals surface area contributed by atoms with E-state index in [1.165, 1.54) is 0 Å². The van der Waals surface area contributed by atoms with E-state index in [0.29, 0.717) is 5.92 Å². The number of hydrogen-bond acceptors (Lipinski definition) is 3. The summed E-state index contributed by atoms with van der Waals surface area (Å²) in [6.07, 6.45) is 13.6. The van der Waals surface area contributed by atoms with E-state index in [1.54, 1.807) is 0 Å². The summed E-state index contributed by atoms with van der Waals surface area (Å²) in [6, 6.07) is 0. The first-order chi connectivity index (χ1) is 12.2. The van der Waals surface area contributed by atoms with Crippen molar-refractivity contribution < 1.29 is 20.1 Å². The maximum Gasteiger partial charge on any atom is 0.303 e. The average molecular weight is 369 g/mol. The second kappa shape index (κ2) is 11.8. The molecule has 1 rings (SSSR count). The molecule has 0 aliphatic heterocycles. The van der Waals surface area contributed by atoms with Crippen molar-refractivity contribution in [3.63, 3.8) is 0 Å². The second-order valence-corrected chi connectivity index (χ2v) is 8.90. The van der Waals surface area contributed by atoms with Crippen molar-refractivity contribution in [3.05, 3.63) is 12.2 Å². The quantitative estimate of drug-likeness (QED) is 0.318. The van der Waals surface area contributed by atoms with Crippen LogP contribution < -0.4 is 0 Å². The fourth-order valence-corrected chi connectivity index (χ4v) is 4.17. The Balaban J connectivity index is 2.37. The summed E-state index contributed by atoms with van der Waals surface area (Å²) in [5.74, 6) is -0.0987. The number of aliphatic carboxylic acids is 1. The molecule has 0 heterocycles. The summed E-state index contributed by atoms with van der Waals surface area (Å²) in [7, 11) is 0. The first kappa shape index (κ1) is 23.2. The molecule has 0 amide bonds. The smallest absolute Gasteiger partial charge is 0.303 e. The summed E-state index contributed by atoms with van der Waals surface area (Å²) < 4.78 is 0. The summed E-state index contributed by atoms with van der Waals surface area (Å²) in [6.45, 7) is 6.18. The number of aliphatic hydroxyl groups excluding tert-OH is 2. The summed E-state index contributed by atoms with van der Waals surface area (Å²) >= 11 is 0. The molecule has 1 aliphatic carbocycles. The fourth-order valence-electron chi connectivity index (χ4n) is 4.17. The van der Waals surface area contributed by atoms with Gasteiger partial charge in [-0.3, -0.25) is 4.79 Å². The highest BCUT2D eigenvalue weighted by Crippen LogP contribution is 2.37. The molecule has 26 heavy (non-hydrogen) atoms. The number of carbonyl (C=O) groups is 1. The van der Waals surface area contributed by atoms with Crippen molar-refractivity contribution in [1.29, 1.82) is 0 Å². The minimum absolute atomic E-state index is 0.165. The molecule has 0 aromatic carbocycles. The van der Waals surface area contributed by atoms with Crippen LogP contribution in [0.25, 0.3) is 0 Å². The van der Waals surface area contributed by atoms with E-state index in [0.717, 1.165) is 64.2 Å². The number of rotatable bonds is 13. The van der Waals surface area contributed by atoms with Gasteiger partial charge in [-0.1, -0.05) is 65.0 Å². The molecular weight excluding hydrogens is 328 g/mol. The van der Waals surface area contributed by atoms with Gasteiger partial charge in [-0.25, -0.2) is 0 Å². The van der Waals surface area contributed by atoms with Gasteiger partial charge in [0.05, 0.1) is 18.6 Å². The summed E-state index contributed by atoms with van der Waals surface area (Å²) in [5, 5.41) is 29.3. The molecule has 1 aliphatic rings. The predicted octanol–water partition coefficient (Wildman–Crippen LogP) is 4.93. The van der Waals surface area contributed by atoms with Gasteiger partial charge in [0.1, 0.15) is 0 Å². The Morgan fingerprint density at radius 2 is 1.92 bits per heavy atom. The van der Waals surface area contributed by atoms with Gasteiger partial charge < -0.3 is 15.3 Å². The minimum Gasteiger partial charge on any atom is -0.481 e.